The number of para-hydroxylation sites is 1. The normalized spacial score (nSPS) is 11.8. The lowest BCUT2D eigenvalue weighted by molar-refractivity contribution is -0.125. The number of hydrogen-bond acceptors (Lipinski definition) is 6. The van der Waals surface area contributed by atoms with E-state index in [2.05, 4.69) is 20.0 Å². The molecule has 198 valence electrons. The van der Waals surface area contributed by atoms with Gasteiger partial charge in [0.2, 0.25) is 15.9 Å². The van der Waals surface area contributed by atoms with Crippen molar-refractivity contribution in [3.05, 3.63) is 63.8 Å². The van der Waals surface area contributed by atoms with E-state index in [9.17, 15) is 13.2 Å². The lowest BCUT2D eigenvalue weighted by Gasteiger charge is -2.25. The smallest absolute Gasteiger partial charge is 0.243 e. The van der Waals surface area contributed by atoms with E-state index in [0.29, 0.717) is 11.3 Å². The Bertz CT molecular complexity index is 1460. The Morgan fingerprint density at radius 3 is 2.57 bits per heavy atom. The zero-order valence-electron chi connectivity index (χ0n) is 20.5. The maximum absolute atomic E-state index is 13.2. The molecule has 0 saturated carbocycles. The van der Waals surface area contributed by atoms with Crippen molar-refractivity contribution in [1.82, 2.24) is 15.0 Å². The molecule has 37 heavy (non-hydrogen) atoms. The highest BCUT2D eigenvalue weighted by atomic mass is 35.5. The van der Waals surface area contributed by atoms with Crippen LogP contribution in [0, 0.1) is 6.92 Å². The minimum atomic E-state index is -4.24. The molecule has 1 amide bonds. The first-order valence-corrected chi connectivity index (χ1v) is 13.4. The van der Waals surface area contributed by atoms with Gasteiger partial charge in [-0.2, -0.15) is 4.72 Å². The molecule has 0 unspecified atom stereocenters. The molecule has 0 fully saturated rings. The van der Waals surface area contributed by atoms with Crippen molar-refractivity contribution < 1.29 is 17.9 Å². The van der Waals surface area contributed by atoms with Gasteiger partial charge in [0.15, 0.2) is 5.96 Å². The molecule has 1 aromatic heterocycles. The highest BCUT2D eigenvalue weighted by Gasteiger charge is 2.34. The third-order valence-corrected chi connectivity index (χ3v) is 7.88. The van der Waals surface area contributed by atoms with Gasteiger partial charge in [0, 0.05) is 28.2 Å². The van der Waals surface area contributed by atoms with Crippen LogP contribution in [0.5, 0.6) is 5.75 Å². The van der Waals surface area contributed by atoms with E-state index in [1.165, 1.54) is 26.0 Å². The molecule has 0 atom stereocenters. The molecule has 0 bridgehead atoms. The number of aromatic nitrogens is 1. The van der Waals surface area contributed by atoms with Crippen LogP contribution in [0.2, 0.25) is 10.0 Å². The fourth-order valence-electron chi connectivity index (χ4n) is 3.41. The summed E-state index contributed by atoms with van der Waals surface area (Å²) in [6, 6.07) is 12.0. The number of carbonyl (C=O) groups excluding carboxylic acids is 1. The van der Waals surface area contributed by atoms with Gasteiger partial charge in [-0.1, -0.05) is 41.4 Å². The van der Waals surface area contributed by atoms with E-state index >= 15 is 0 Å². The summed E-state index contributed by atoms with van der Waals surface area (Å²) in [6.07, 6.45) is 0. The van der Waals surface area contributed by atoms with Crippen LogP contribution in [0.3, 0.4) is 0 Å². The Balaban J connectivity index is 1.81. The summed E-state index contributed by atoms with van der Waals surface area (Å²) in [5, 5.41) is 3.58. The highest BCUT2D eigenvalue weighted by Crippen LogP contribution is 2.33. The quantitative estimate of drug-likeness (QED) is 0.166. The lowest BCUT2D eigenvalue weighted by Crippen LogP contribution is -2.55. The van der Waals surface area contributed by atoms with Gasteiger partial charge in [-0.05, 0) is 45.0 Å². The first-order chi connectivity index (χ1) is 17.3. The van der Waals surface area contributed by atoms with Crippen LogP contribution in [-0.4, -0.2) is 43.9 Å². The van der Waals surface area contributed by atoms with Gasteiger partial charge in [-0.25, -0.2) is 13.4 Å². The first-order valence-electron chi connectivity index (χ1n) is 11.2. The molecule has 3 rings (SSSR count). The number of nitrogens with two attached hydrogens (primary N) is 2. The predicted molar refractivity (Wildman–Crippen MR) is 145 cm³/mol. The summed E-state index contributed by atoms with van der Waals surface area (Å²) in [6.45, 7) is 4.87. The largest absolute Gasteiger partial charge is 0.487 e. The van der Waals surface area contributed by atoms with E-state index in [-0.39, 0.29) is 46.2 Å². The molecule has 0 aliphatic heterocycles. The van der Waals surface area contributed by atoms with Crippen LogP contribution < -0.4 is 26.2 Å². The number of benzene rings is 2. The van der Waals surface area contributed by atoms with Crippen LogP contribution in [0.4, 0.5) is 0 Å². The SMILES string of the molecule is Cc1ccc2cccc(OCc3c(Cl)ccc(S(=O)(=O)NC(C)(C)C(=O)NCCN=C(N)N)c3Cl)c2n1. The molecule has 0 aliphatic rings. The molecule has 1 heterocycles. The summed E-state index contributed by atoms with van der Waals surface area (Å²) < 4.78 is 34.8. The van der Waals surface area contributed by atoms with Crippen LogP contribution in [0.1, 0.15) is 25.1 Å². The van der Waals surface area contributed by atoms with Gasteiger partial charge in [-0.15, -0.1) is 0 Å². The van der Waals surface area contributed by atoms with Crippen molar-refractivity contribution in [2.24, 2.45) is 16.5 Å². The summed E-state index contributed by atoms with van der Waals surface area (Å²) >= 11 is 12.9. The molecule has 3 aromatic rings. The summed E-state index contributed by atoms with van der Waals surface area (Å²) in [5.74, 6) is -0.189. The fraction of sp³-hybridized carbons (Fsp3) is 0.292. The first kappa shape index (κ1) is 28.5. The number of rotatable bonds is 10. The number of pyridine rings is 1. The minimum absolute atomic E-state index is 0.107. The summed E-state index contributed by atoms with van der Waals surface area (Å²) in [4.78, 5) is 20.6. The standard InChI is InChI=1S/C24H28Cl2N6O4S/c1-14-7-8-15-5-4-6-18(21(15)31-14)36-13-16-17(25)9-10-19(20(16)26)37(34,35)32-24(2,3)22(33)29-11-12-30-23(27)28/h4-10,32H,11-13H2,1-3H3,(H,29,33)(H4,27,28,30). The molecule has 10 nitrogen and oxygen atoms in total. The minimum Gasteiger partial charge on any atom is -0.487 e. The second kappa shape index (κ2) is 11.5. The van der Waals surface area contributed by atoms with Crippen molar-refractivity contribution >= 4 is 56.0 Å². The number of halogens is 2. The van der Waals surface area contributed by atoms with Gasteiger partial charge >= 0.3 is 0 Å². The number of aryl methyl sites for hydroxylation is 1. The average molecular weight is 567 g/mol. The van der Waals surface area contributed by atoms with Gasteiger partial charge in [-0.3, -0.25) is 9.79 Å². The Morgan fingerprint density at radius 1 is 1.14 bits per heavy atom. The van der Waals surface area contributed by atoms with Crippen molar-refractivity contribution in [2.75, 3.05) is 13.1 Å². The number of ether oxygens (including phenoxy) is 1. The van der Waals surface area contributed by atoms with Crippen LogP contribution >= 0.6 is 23.2 Å². The summed E-state index contributed by atoms with van der Waals surface area (Å²) in [7, 11) is -4.24. The number of carbonyl (C=O) groups is 1. The van der Waals surface area contributed by atoms with E-state index in [0.717, 1.165) is 11.1 Å². The molecular weight excluding hydrogens is 539 g/mol. The third kappa shape index (κ3) is 7.01. The van der Waals surface area contributed by atoms with E-state index in [1.807, 2.05) is 31.2 Å². The van der Waals surface area contributed by atoms with Crippen LogP contribution in [-0.2, 0) is 21.4 Å². The molecule has 6 N–H and O–H groups in total. The van der Waals surface area contributed by atoms with Crippen molar-refractivity contribution in [3.63, 3.8) is 0 Å². The number of aliphatic imine (C=N–C) groups is 1. The molecule has 2 aromatic carbocycles. The molecule has 0 spiro atoms. The molecule has 13 heteroatoms. The number of guanidine groups is 1. The third-order valence-electron chi connectivity index (χ3n) is 5.28. The van der Waals surface area contributed by atoms with Crippen molar-refractivity contribution in [2.45, 2.75) is 37.8 Å². The number of nitrogens with zero attached hydrogens (tertiary/aromatic N) is 2. The zero-order valence-corrected chi connectivity index (χ0v) is 22.8. The van der Waals surface area contributed by atoms with E-state index in [1.54, 1.807) is 6.07 Å². The maximum Gasteiger partial charge on any atom is 0.243 e. The second-order valence-electron chi connectivity index (χ2n) is 8.70. The second-order valence-corrected chi connectivity index (χ2v) is 11.1. The monoisotopic (exact) mass is 566 g/mol. The van der Waals surface area contributed by atoms with E-state index in [4.69, 9.17) is 39.4 Å². The van der Waals surface area contributed by atoms with Gasteiger partial charge in [0.05, 0.1) is 11.6 Å². The number of amides is 1. The van der Waals surface area contributed by atoms with Gasteiger partial charge in [0.25, 0.3) is 0 Å². The maximum atomic E-state index is 13.2. The number of hydrogen-bond donors (Lipinski definition) is 4. The molecular formula is C24H28Cl2N6O4S. The van der Waals surface area contributed by atoms with Crippen molar-refractivity contribution in [3.8, 4) is 5.75 Å². The van der Waals surface area contributed by atoms with Crippen LogP contribution in [0.25, 0.3) is 10.9 Å². The Labute approximate surface area is 225 Å². The molecule has 0 aliphatic carbocycles. The van der Waals surface area contributed by atoms with Gasteiger partial charge in [0.1, 0.15) is 28.3 Å². The number of sulfonamides is 1. The molecule has 0 radical (unpaired) electrons. The molecule has 0 saturated heterocycles. The number of nitrogens with one attached hydrogen (secondary N) is 2. The Hall–Kier alpha value is -3.12. The predicted octanol–water partition coefficient (Wildman–Crippen LogP) is 2.88. The lowest BCUT2D eigenvalue weighted by atomic mass is 10.1. The van der Waals surface area contributed by atoms with E-state index < -0.39 is 21.5 Å². The topological polar surface area (TPSA) is 162 Å². The number of fused-ring (bicyclic) bond motifs is 1. The fourth-order valence-corrected chi connectivity index (χ4v) is 5.68. The van der Waals surface area contributed by atoms with Crippen molar-refractivity contribution in [1.29, 1.82) is 0 Å². The zero-order chi connectivity index (χ0) is 27.4. The Kier molecular flexibility index (Phi) is 8.85. The highest BCUT2D eigenvalue weighted by molar-refractivity contribution is 7.89. The average Bonchev–Trinajstić information content (AvgIpc) is 2.80. The Morgan fingerprint density at radius 2 is 1.86 bits per heavy atom. The summed E-state index contributed by atoms with van der Waals surface area (Å²) in [5.41, 5.74) is 10.8. The van der Waals surface area contributed by atoms with Crippen LogP contribution in [0.15, 0.2) is 52.4 Å². The van der Waals surface area contributed by atoms with Gasteiger partial charge < -0.3 is 21.5 Å².